The number of H-pyrrole nitrogens is 1. The Morgan fingerprint density at radius 2 is 2.15 bits per heavy atom. The number of hydrogen-bond donors (Lipinski definition) is 2. The van der Waals surface area contributed by atoms with Crippen molar-refractivity contribution >= 4 is 11.8 Å². The zero-order valence-electron chi connectivity index (χ0n) is 10.3. The Morgan fingerprint density at radius 3 is 2.65 bits per heavy atom. The molecule has 0 radical (unpaired) electrons. The highest BCUT2D eigenvalue weighted by molar-refractivity contribution is 5.73. The van der Waals surface area contributed by atoms with Gasteiger partial charge in [-0.05, 0) is 12.8 Å². The maximum Gasteiger partial charge on any atom is 0.405 e. The van der Waals surface area contributed by atoms with Gasteiger partial charge in [0, 0.05) is 12.0 Å². The molecular weight excluding hydrogens is 279 g/mol. The molecule has 0 unspecified atom stereocenters. The number of nitrogens with one attached hydrogen (secondary N) is 1. The Kier molecular flexibility index (Phi) is 3.69. The van der Waals surface area contributed by atoms with E-state index in [1.807, 2.05) is 0 Å². The standard InChI is InChI=1S/C11H12F3N3O3/c12-11(13,14)5-17(4-9(19)20)7-3-8(18)16-10(15-7)6-1-2-6/h3,6H,1-2,4-5H2,(H,19,20)(H,15,16,18). The third-order valence-corrected chi connectivity index (χ3v) is 2.73. The van der Waals surface area contributed by atoms with Gasteiger partial charge in [0.15, 0.2) is 0 Å². The van der Waals surface area contributed by atoms with E-state index >= 15 is 0 Å². The summed E-state index contributed by atoms with van der Waals surface area (Å²) in [6, 6.07) is 0.876. The van der Waals surface area contributed by atoms with Crippen LogP contribution in [-0.2, 0) is 4.79 Å². The minimum Gasteiger partial charge on any atom is -0.480 e. The monoisotopic (exact) mass is 291 g/mol. The van der Waals surface area contributed by atoms with Crippen LogP contribution in [0.5, 0.6) is 0 Å². The summed E-state index contributed by atoms with van der Waals surface area (Å²) in [5, 5.41) is 8.68. The van der Waals surface area contributed by atoms with Crippen LogP contribution in [-0.4, -0.2) is 40.3 Å². The smallest absolute Gasteiger partial charge is 0.405 e. The van der Waals surface area contributed by atoms with Gasteiger partial charge in [-0.2, -0.15) is 13.2 Å². The van der Waals surface area contributed by atoms with Crippen molar-refractivity contribution in [2.45, 2.75) is 24.9 Å². The van der Waals surface area contributed by atoms with Gasteiger partial charge in [-0.25, -0.2) is 4.98 Å². The van der Waals surface area contributed by atoms with E-state index in [0.717, 1.165) is 18.9 Å². The Morgan fingerprint density at radius 1 is 1.50 bits per heavy atom. The Labute approximate surface area is 111 Å². The summed E-state index contributed by atoms with van der Waals surface area (Å²) in [7, 11) is 0. The summed E-state index contributed by atoms with van der Waals surface area (Å²) < 4.78 is 37.4. The lowest BCUT2D eigenvalue weighted by atomic mass is 10.3. The van der Waals surface area contributed by atoms with Crippen LogP contribution in [0.4, 0.5) is 19.0 Å². The number of halogens is 3. The van der Waals surface area contributed by atoms with Crippen LogP contribution in [0.15, 0.2) is 10.9 Å². The lowest BCUT2D eigenvalue weighted by Crippen LogP contribution is -2.39. The summed E-state index contributed by atoms with van der Waals surface area (Å²) in [4.78, 5) is 29.0. The highest BCUT2D eigenvalue weighted by Gasteiger charge is 2.33. The molecule has 6 nitrogen and oxygen atoms in total. The second-order valence-electron chi connectivity index (χ2n) is 4.63. The van der Waals surface area contributed by atoms with E-state index in [4.69, 9.17) is 5.11 Å². The van der Waals surface area contributed by atoms with Crippen LogP contribution in [0.25, 0.3) is 0 Å². The van der Waals surface area contributed by atoms with Gasteiger partial charge >= 0.3 is 12.1 Å². The molecule has 1 aliphatic rings. The number of aliphatic carboxylic acids is 1. The quantitative estimate of drug-likeness (QED) is 0.848. The van der Waals surface area contributed by atoms with Crippen molar-refractivity contribution in [1.82, 2.24) is 9.97 Å². The van der Waals surface area contributed by atoms with Crippen LogP contribution in [0.2, 0.25) is 0 Å². The molecule has 1 aromatic heterocycles. The normalized spacial score (nSPS) is 15.2. The third kappa shape index (κ3) is 3.97. The van der Waals surface area contributed by atoms with E-state index in [0.29, 0.717) is 10.7 Å². The lowest BCUT2D eigenvalue weighted by molar-refractivity contribution is -0.136. The van der Waals surface area contributed by atoms with Gasteiger partial charge in [-0.15, -0.1) is 0 Å². The fourth-order valence-corrected chi connectivity index (χ4v) is 1.77. The summed E-state index contributed by atoms with van der Waals surface area (Å²) in [5.74, 6) is -1.34. The van der Waals surface area contributed by atoms with Gasteiger partial charge < -0.3 is 15.0 Å². The van der Waals surface area contributed by atoms with Crippen molar-refractivity contribution in [3.05, 3.63) is 22.2 Å². The van der Waals surface area contributed by atoms with Gasteiger partial charge in [0.25, 0.3) is 5.56 Å². The predicted molar refractivity (Wildman–Crippen MR) is 62.7 cm³/mol. The second-order valence-corrected chi connectivity index (χ2v) is 4.63. The maximum atomic E-state index is 12.5. The molecule has 0 saturated heterocycles. The average Bonchev–Trinajstić information content (AvgIpc) is 3.08. The van der Waals surface area contributed by atoms with E-state index in [1.54, 1.807) is 0 Å². The molecule has 20 heavy (non-hydrogen) atoms. The molecule has 1 saturated carbocycles. The summed E-state index contributed by atoms with van der Waals surface area (Å²) in [6.07, 6.45) is -2.96. The van der Waals surface area contributed by atoms with Crippen molar-refractivity contribution < 1.29 is 23.1 Å². The fraction of sp³-hybridized carbons (Fsp3) is 0.545. The van der Waals surface area contributed by atoms with Crippen LogP contribution < -0.4 is 10.5 Å². The third-order valence-electron chi connectivity index (χ3n) is 2.73. The summed E-state index contributed by atoms with van der Waals surface area (Å²) >= 11 is 0. The first kappa shape index (κ1) is 14.4. The number of carboxylic acid groups (broad SMARTS) is 1. The van der Waals surface area contributed by atoms with E-state index in [9.17, 15) is 22.8 Å². The first-order chi connectivity index (χ1) is 9.24. The van der Waals surface area contributed by atoms with Crippen molar-refractivity contribution in [2.75, 3.05) is 18.0 Å². The molecule has 9 heteroatoms. The first-order valence-corrected chi connectivity index (χ1v) is 5.89. The van der Waals surface area contributed by atoms with Gasteiger partial charge in [-0.3, -0.25) is 9.59 Å². The lowest BCUT2D eigenvalue weighted by Gasteiger charge is -2.23. The van der Waals surface area contributed by atoms with Crippen molar-refractivity contribution in [1.29, 1.82) is 0 Å². The molecule has 0 bridgehead atoms. The second kappa shape index (κ2) is 5.14. The Hall–Kier alpha value is -2.06. The van der Waals surface area contributed by atoms with Crippen molar-refractivity contribution in [3.8, 4) is 0 Å². The number of alkyl halides is 3. The number of aromatic nitrogens is 2. The molecule has 0 spiro atoms. The topological polar surface area (TPSA) is 86.3 Å². The average molecular weight is 291 g/mol. The molecule has 1 aliphatic carbocycles. The van der Waals surface area contributed by atoms with E-state index in [2.05, 4.69) is 9.97 Å². The molecule has 110 valence electrons. The summed E-state index contributed by atoms with van der Waals surface area (Å²) in [5.41, 5.74) is -0.588. The molecule has 1 aromatic rings. The molecular formula is C11H12F3N3O3. The van der Waals surface area contributed by atoms with E-state index in [1.165, 1.54) is 0 Å². The number of nitrogens with zero attached hydrogens (tertiary/aromatic N) is 2. The molecule has 0 aliphatic heterocycles. The first-order valence-electron chi connectivity index (χ1n) is 5.89. The van der Waals surface area contributed by atoms with Crippen molar-refractivity contribution in [3.63, 3.8) is 0 Å². The molecule has 2 N–H and O–H groups in total. The van der Waals surface area contributed by atoms with Crippen LogP contribution in [0.1, 0.15) is 24.6 Å². The fourth-order valence-electron chi connectivity index (χ4n) is 1.77. The van der Waals surface area contributed by atoms with Crippen LogP contribution in [0, 0.1) is 0 Å². The Balaban J connectivity index is 2.31. The number of aromatic amines is 1. The van der Waals surface area contributed by atoms with Crippen molar-refractivity contribution in [2.24, 2.45) is 0 Å². The van der Waals surface area contributed by atoms with Gasteiger partial charge in [0.2, 0.25) is 0 Å². The van der Waals surface area contributed by atoms with Gasteiger partial charge in [0.05, 0.1) is 0 Å². The largest absolute Gasteiger partial charge is 0.480 e. The predicted octanol–water partition coefficient (Wildman–Crippen LogP) is 1.10. The Bertz CT molecular complexity index is 566. The minimum absolute atomic E-state index is 0.0419. The minimum atomic E-state index is -4.58. The molecule has 0 aromatic carbocycles. The SMILES string of the molecule is O=C(O)CN(CC(F)(F)F)c1cc(=O)[nH]c(C2CC2)n1. The maximum absolute atomic E-state index is 12.5. The van der Waals surface area contributed by atoms with Crippen LogP contribution in [0.3, 0.4) is 0 Å². The van der Waals surface area contributed by atoms with Gasteiger partial charge in [-0.1, -0.05) is 0 Å². The highest BCUT2D eigenvalue weighted by atomic mass is 19.4. The molecule has 0 amide bonds. The number of anilines is 1. The number of carboxylic acids is 1. The molecule has 0 atom stereocenters. The molecule has 2 rings (SSSR count). The zero-order chi connectivity index (χ0) is 14.9. The number of hydrogen-bond acceptors (Lipinski definition) is 4. The summed E-state index contributed by atoms with van der Waals surface area (Å²) in [6.45, 7) is -2.35. The molecule has 1 heterocycles. The van der Waals surface area contributed by atoms with E-state index in [-0.39, 0.29) is 11.7 Å². The zero-order valence-corrected chi connectivity index (χ0v) is 10.3. The highest BCUT2D eigenvalue weighted by Crippen LogP contribution is 2.38. The number of carbonyl (C=O) groups is 1. The van der Waals surface area contributed by atoms with E-state index < -0.39 is 30.8 Å². The van der Waals surface area contributed by atoms with Gasteiger partial charge in [0.1, 0.15) is 24.7 Å². The molecule has 1 fully saturated rings. The van der Waals surface area contributed by atoms with Crippen LogP contribution >= 0.6 is 0 Å². The number of rotatable bonds is 5.